The normalized spacial score (nSPS) is 9.70. The molecule has 0 unspecified atom stereocenters. The maximum absolute atomic E-state index is 11.8. The minimum atomic E-state index is -0.484. The highest BCUT2D eigenvalue weighted by molar-refractivity contribution is 5.97. The van der Waals surface area contributed by atoms with Crippen molar-refractivity contribution in [1.82, 2.24) is 5.32 Å². The molecule has 1 amide bonds. The third-order valence-corrected chi connectivity index (χ3v) is 3.89. The van der Waals surface area contributed by atoms with Gasteiger partial charge in [-0.2, -0.15) is 0 Å². The number of esters is 1. The number of nitrogens with one attached hydrogen (secondary N) is 3. The summed E-state index contributed by atoms with van der Waals surface area (Å²) in [5.41, 5.74) is 9.83. The van der Waals surface area contributed by atoms with Crippen LogP contribution in [0.25, 0.3) is 11.1 Å². The van der Waals surface area contributed by atoms with Gasteiger partial charge in [0.05, 0.1) is 13.5 Å². The average Bonchev–Trinajstić information content (AvgIpc) is 2.66. The van der Waals surface area contributed by atoms with Gasteiger partial charge < -0.3 is 21.1 Å². The summed E-state index contributed by atoms with van der Waals surface area (Å²) in [4.78, 5) is 22.9. The van der Waals surface area contributed by atoms with E-state index in [0.29, 0.717) is 5.56 Å². The summed E-state index contributed by atoms with van der Waals surface area (Å²) >= 11 is 0. The van der Waals surface area contributed by atoms with Crippen molar-refractivity contribution in [3.05, 3.63) is 53.6 Å². The number of nitrogens with two attached hydrogens (primary N) is 1. The van der Waals surface area contributed by atoms with Crippen LogP contribution in [0.1, 0.15) is 11.1 Å². The number of ether oxygens (including phenoxy) is 1. The lowest BCUT2D eigenvalue weighted by atomic mass is 9.99. The van der Waals surface area contributed by atoms with Crippen LogP contribution < -0.4 is 16.4 Å². The van der Waals surface area contributed by atoms with Crippen LogP contribution >= 0.6 is 12.4 Å². The molecule has 2 rings (SSSR count). The van der Waals surface area contributed by atoms with E-state index in [2.05, 4.69) is 15.4 Å². The number of amides is 1. The quantitative estimate of drug-likeness (QED) is 0.327. The van der Waals surface area contributed by atoms with Gasteiger partial charge in [-0.1, -0.05) is 36.4 Å². The first-order chi connectivity index (χ1) is 12.4. The zero-order chi connectivity index (χ0) is 19.1. The van der Waals surface area contributed by atoms with Gasteiger partial charge in [0.15, 0.2) is 0 Å². The Kier molecular flexibility index (Phi) is 8.29. The van der Waals surface area contributed by atoms with Gasteiger partial charge in [-0.3, -0.25) is 15.0 Å². The molecule has 0 bridgehead atoms. The van der Waals surface area contributed by atoms with E-state index in [9.17, 15) is 9.59 Å². The number of carbonyl (C=O) groups is 2. The van der Waals surface area contributed by atoms with Gasteiger partial charge in [-0.05, 0) is 17.2 Å². The number of nitrogen functional groups attached to an aromatic ring is 1. The molecule has 0 heterocycles. The highest BCUT2D eigenvalue weighted by Crippen LogP contribution is 2.29. The van der Waals surface area contributed by atoms with Crippen LogP contribution in [0.2, 0.25) is 0 Å². The molecule has 0 aliphatic carbocycles. The number of rotatable bonds is 7. The van der Waals surface area contributed by atoms with E-state index in [-0.39, 0.29) is 37.1 Å². The first kappa shape index (κ1) is 22.0. The Morgan fingerprint density at radius 2 is 1.81 bits per heavy atom. The number of hydrogen-bond acceptors (Lipinski definition) is 5. The Bertz CT molecular complexity index is 822. The number of benzene rings is 2. The van der Waals surface area contributed by atoms with Crippen LogP contribution in [-0.2, 0) is 20.7 Å². The summed E-state index contributed by atoms with van der Waals surface area (Å²) in [5.74, 6) is -0.714. The SMILES string of the molecule is CNc1cc(C(=N)N)ccc1-c1ccc(CC(=O)NCC(=O)OC)cc1.Cl. The fourth-order valence-corrected chi connectivity index (χ4v) is 2.46. The number of amidine groups is 1. The lowest BCUT2D eigenvalue weighted by molar-refractivity contribution is -0.141. The zero-order valence-corrected chi connectivity index (χ0v) is 16.0. The lowest BCUT2D eigenvalue weighted by Gasteiger charge is -2.12. The van der Waals surface area contributed by atoms with Crippen LogP contribution in [-0.4, -0.2) is 38.4 Å². The monoisotopic (exact) mass is 390 g/mol. The van der Waals surface area contributed by atoms with Crippen molar-refractivity contribution < 1.29 is 14.3 Å². The van der Waals surface area contributed by atoms with Crippen molar-refractivity contribution in [2.24, 2.45) is 5.73 Å². The third-order valence-electron chi connectivity index (χ3n) is 3.89. The van der Waals surface area contributed by atoms with E-state index in [4.69, 9.17) is 11.1 Å². The van der Waals surface area contributed by atoms with Crippen LogP contribution in [0, 0.1) is 5.41 Å². The first-order valence-corrected chi connectivity index (χ1v) is 8.03. The Labute approximate surface area is 164 Å². The number of carbonyl (C=O) groups excluding carboxylic acids is 2. The van der Waals surface area contributed by atoms with Crippen LogP contribution in [0.3, 0.4) is 0 Å². The molecule has 0 aromatic heterocycles. The molecule has 0 spiro atoms. The van der Waals surface area contributed by atoms with E-state index in [0.717, 1.165) is 22.4 Å². The highest BCUT2D eigenvalue weighted by atomic mass is 35.5. The maximum atomic E-state index is 11.8. The smallest absolute Gasteiger partial charge is 0.325 e. The van der Waals surface area contributed by atoms with Gasteiger partial charge >= 0.3 is 5.97 Å². The van der Waals surface area contributed by atoms with E-state index in [1.54, 1.807) is 6.07 Å². The molecule has 2 aromatic carbocycles. The Balaban J connectivity index is 0.00000364. The molecule has 7 nitrogen and oxygen atoms in total. The molecule has 0 aliphatic rings. The van der Waals surface area contributed by atoms with Gasteiger partial charge in [0.25, 0.3) is 0 Å². The molecule has 27 heavy (non-hydrogen) atoms. The van der Waals surface area contributed by atoms with Crippen molar-refractivity contribution in [2.45, 2.75) is 6.42 Å². The second kappa shape index (κ2) is 10.2. The molecule has 5 N–H and O–H groups in total. The van der Waals surface area contributed by atoms with Gasteiger partial charge in [-0.15, -0.1) is 12.4 Å². The predicted molar refractivity (Wildman–Crippen MR) is 108 cm³/mol. The van der Waals surface area contributed by atoms with Crippen molar-refractivity contribution in [3.63, 3.8) is 0 Å². The third kappa shape index (κ3) is 6.00. The highest BCUT2D eigenvalue weighted by Gasteiger charge is 2.09. The largest absolute Gasteiger partial charge is 0.468 e. The van der Waals surface area contributed by atoms with E-state index < -0.39 is 5.97 Å². The second-order valence-corrected chi connectivity index (χ2v) is 5.65. The van der Waals surface area contributed by atoms with Crippen LogP contribution in [0.15, 0.2) is 42.5 Å². The Hall–Kier alpha value is -3.06. The van der Waals surface area contributed by atoms with Crippen LogP contribution in [0.4, 0.5) is 5.69 Å². The molecule has 2 aromatic rings. The van der Waals surface area contributed by atoms with Crippen molar-refractivity contribution in [2.75, 3.05) is 26.0 Å². The summed E-state index contributed by atoms with van der Waals surface area (Å²) < 4.78 is 4.48. The van der Waals surface area contributed by atoms with E-state index in [1.165, 1.54) is 7.11 Å². The fraction of sp³-hybridized carbons (Fsp3) is 0.211. The number of hydrogen-bond donors (Lipinski definition) is 4. The molecule has 0 atom stereocenters. The Morgan fingerprint density at radius 3 is 2.37 bits per heavy atom. The minimum absolute atomic E-state index is 0. The fourth-order valence-electron chi connectivity index (χ4n) is 2.46. The average molecular weight is 391 g/mol. The van der Waals surface area contributed by atoms with Gasteiger partial charge in [0.1, 0.15) is 12.4 Å². The summed E-state index contributed by atoms with van der Waals surface area (Å²) in [6.45, 7) is -0.137. The molecular formula is C19H23ClN4O3. The number of halogens is 1. The first-order valence-electron chi connectivity index (χ1n) is 8.03. The van der Waals surface area contributed by atoms with E-state index >= 15 is 0 Å². The van der Waals surface area contributed by atoms with E-state index in [1.807, 2.05) is 43.4 Å². The summed E-state index contributed by atoms with van der Waals surface area (Å²) in [5, 5.41) is 13.1. The molecule has 0 aliphatic heterocycles. The number of anilines is 1. The van der Waals surface area contributed by atoms with Gasteiger partial charge in [-0.25, -0.2) is 0 Å². The topological polar surface area (TPSA) is 117 Å². The molecule has 0 radical (unpaired) electrons. The zero-order valence-electron chi connectivity index (χ0n) is 15.2. The Morgan fingerprint density at radius 1 is 1.15 bits per heavy atom. The maximum Gasteiger partial charge on any atom is 0.325 e. The second-order valence-electron chi connectivity index (χ2n) is 5.65. The molecule has 0 fully saturated rings. The molecular weight excluding hydrogens is 368 g/mol. The molecule has 0 saturated carbocycles. The van der Waals surface area contributed by atoms with Gasteiger partial charge in [0, 0.05) is 23.9 Å². The standard InChI is InChI=1S/C19H22N4O3.ClH/c1-22-16-10-14(19(20)21)7-8-15(16)13-5-3-12(4-6-13)9-17(24)23-11-18(25)26-2;/h3-8,10,22H,9,11H2,1-2H3,(H3,20,21)(H,23,24);1H. The van der Waals surface area contributed by atoms with Gasteiger partial charge in [0.2, 0.25) is 5.91 Å². The molecule has 8 heteroatoms. The summed E-state index contributed by atoms with van der Waals surface area (Å²) in [6.07, 6.45) is 0.180. The molecule has 144 valence electrons. The van der Waals surface area contributed by atoms with Crippen molar-refractivity contribution in [3.8, 4) is 11.1 Å². The number of methoxy groups -OCH3 is 1. The lowest BCUT2D eigenvalue weighted by Crippen LogP contribution is -2.31. The van der Waals surface area contributed by atoms with Crippen molar-refractivity contribution >= 4 is 35.8 Å². The summed E-state index contributed by atoms with van der Waals surface area (Å²) in [7, 11) is 3.08. The molecule has 0 saturated heterocycles. The summed E-state index contributed by atoms with van der Waals surface area (Å²) in [6, 6.07) is 13.1. The van der Waals surface area contributed by atoms with Crippen LogP contribution in [0.5, 0.6) is 0 Å². The predicted octanol–water partition coefficient (Wildman–Crippen LogP) is 1.93. The minimum Gasteiger partial charge on any atom is -0.468 e. The van der Waals surface area contributed by atoms with Crippen molar-refractivity contribution in [1.29, 1.82) is 5.41 Å².